The van der Waals surface area contributed by atoms with Gasteiger partial charge in [0.15, 0.2) is 5.78 Å². The predicted octanol–water partition coefficient (Wildman–Crippen LogP) is 3.71. The molecule has 0 aromatic heterocycles. The summed E-state index contributed by atoms with van der Waals surface area (Å²) in [5.41, 5.74) is 2.59. The summed E-state index contributed by atoms with van der Waals surface area (Å²) in [4.78, 5) is 11.3. The first-order valence-electron chi connectivity index (χ1n) is 5.50. The molecule has 0 atom stereocenters. The molecule has 1 aromatic carbocycles. The predicted molar refractivity (Wildman–Crippen MR) is 66.9 cm³/mol. The zero-order chi connectivity index (χ0) is 12.1. The summed E-state index contributed by atoms with van der Waals surface area (Å²) >= 11 is 0. The lowest BCUT2D eigenvalue weighted by Gasteiger charge is -2.11. The quantitative estimate of drug-likeness (QED) is 0.704. The molecule has 0 fully saturated rings. The van der Waals surface area contributed by atoms with Crippen LogP contribution in [0.4, 0.5) is 0 Å². The Morgan fingerprint density at radius 3 is 2.56 bits per heavy atom. The van der Waals surface area contributed by atoms with E-state index in [2.05, 4.69) is 13.5 Å². The van der Waals surface area contributed by atoms with E-state index in [1.165, 1.54) is 0 Å². The Morgan fingerprint density at radius 2 is 2.06 bits per heavy atom. The summed E-state index contributed by atoms with van der Waals surface area (Å²) in [5.74, 6) is 0.802. The van der Waals surface area contributed by atoms with E-state index in [0.717, 1.165) is 23.3 Å². The van der Waals surface area contributed by atoms with Crippen molar-refractivity contribution in [3.63, 3.8) is 0 Å². The van der Waals surface area contributed by atoms with E-state index in [9.17, 15) is 4.79 Å². The fourth-order valence-corrected chi connectivity index (χ4v) is 1.43. The molecule has 0 N–H and O–H groups in total. The highest BCUT2D eigenvalue weighted by atomic mass is 16.5. The van der Waals surface area contributed by atoms with Crippen molar-refractivity contribution in [1.29, 1.82) is 0 Å². The number of ketones is 1. The summed E-state index contributed by atoms with van der Waals surface area (Å²) in [7, 11) is 0. The molecule has 0 aliphatic heterocycles. The fraction of sp³-hybridized carbons (Fsp3) is 0.357. The molecular weight excluding hydrogens is 200 g/mol. The molecule has 0 aliphatic rings. The van der Waals surface area contributed by atoms with Crippen molar-refractivity contribution in [2.75, 3.05) is 6.61 Å². The number of rotatable bonds is 5. The highest BCUT2D eigenvalue weighted by Crippen LogP contribution is 2.26. The van der Waals surface area contributed by atoms with Crippen LogP contribution >= 0.6 is 0 Å². The van der Waals surface area contributed by atoms with E-state index in [0.29, 0.717) is 12.2 Å². The maximum Gasteiger partial charge on any atom is 0.159 e. The second-order valence-corrected chi connectivity index (χ2v) is 3.90. The Morgan fingerprint density at radius 1 is 1.38 bits per heavy atom. The SMILES string of the molecule is C=C(C)c1ccc(C(C)=O)cc1OCCC. The molecule has 2 heteroatoms. The van der Waals surface area contributed by atoms with Crippen molar-refractivity contribution < 1.29 is 9.53 Å². The van der Waals surface area contributed by atoms with Crippen molar-refractivity contribution in [3.8, 4) is 5.75 Å². The van der Waals surface area contributed by atoms with Gasteiger partial charge < -0.3 is 4.74 Å². The number of Topliss-reactive ketones (excluding diaryl/α,β-unsaturated/α-hetero) is 1. The van der Waals surface area contributed by atoms with Crippen molar-refractivity contribution in [3.05, 3.63) is 35.9 Å². The molecular formula is C14H18O2. The van der Waals surface area contributed by atoms with Crippen molar-refractivity contribution in [2.24, 2.45) is 0 Å². The Kier molecular flexibility index (Phi) is 4.29. The normalized spacial score (nSPS) is 9.94. The number of hydrogen-bond acceptors (Lipinski definition) is 2. The largest absolute Gasteiger partial charge is 0.493 e. The molecule has 0 bridgehead atoms. The highest BCUT2D eigenvalue weighted by molar-refractivity contribution is 5.95. The molecule has 0 unspecified atom stereocenters. The van der Waals surface area contributed by atoms with Gasteiger partial charge >= 0.3 is 0 Å². The van der Waals surface area contributed by atoms with E-state index in [-0.39, 0.29) is 5.78 Å². The molecule has 0 radical (unpaired) electrons. The topological polar surface area (TPSA) is 26.3 Å². The van der Waals surface area contributed by atoms with Crippen LogP contribution in [0.5, 0.6) is 5.75 Å². The summed E-state index contributed by atoms with van der Waals surface area (Å²) in [6.45, 7) is 10.1. The van der Waals surface area contributed by atoms with Gasteiger partial charge in [0.05, 0.1) is 6.61 Å². The minimum Gasteiger partial charge on any atom is -0.493 e. The van der Waals surface area contributed by atoms with Crippen LogP contribution in [0.2, 0.25) is 0 Å². The number of carbonyl (C=O) groups is 1. The molecule has 16 heavy (non-hydrogen) atoms. The number of allylic oxidation sites excluding steroid dienone is 1. The smallest absolute Gasteiger partial charge is 0.159 e. The monoisotopic (exact) mass is 218 g/mol. The van der Waals surface area contributed by atoms with Gasteiger partial charge in [0, 0.05) is 11.1 Å². The molecule has 1 aromatic rings. The standard InChI is InChI=1S/C14H18O2/c1-5-8-16-14-9-12(11(4)15)6-7-13(14)10(2)3/h6-7,9H,2,5,8H2,1,3-4H3. The van der Waals surface area contributed by atoms with E-state index >= 15 is 0 Å². The number of carbonyl (C=O) groups excluding carboxylic acids is 1. The Bertz CT molecular complexity index is 405. The third-order valence-corrected chi connectivity index (χ3v) is 2.31. The second-order valence-electron chi connectivity index (χ2n) is 3.90. The van der Waals surface area contributed by atoms with Crippen LogP contribution in [0, 0.1) is 0 Å². The van der Waals surface area contributed by atoms with Crippen LogP contribution in [0.1, 0.15) is 43.1 Å². The Balaban J connectivity index is 3.10. The molecule has 86 valence electrons. The summed E-state index contributed by atoms with van der Waals surface area (Å²) in [5, 5.41) is 0. The van der Waals surface area contributed by atoms with E-state index in [4.69, 9.17) is 4.74 Å². The maximum absolute atomic E-state index is 11.3. The van der Waals surface area contributed by atoms with Gasteiger partial charge in [0.2, 0.25) is 0 Å². The van der Waals surface area contributed by atoms with Crippen molar-refractivity contribution in [1.82, 2.24) is 0 Å². The maximum atomic E-state index is 11.3. The number of hydrogen-bond donors (Lipinski definition) is 0. The first-order chi connectivity index (χ1) is 7.56. The van der Waals surface area contributed by atoms with E-state index < -0.39 is 0 Å². The molecule has 0 saturated carbocycles. The first-order valence-corrected chi connectivity index (χ1v) is 5.50. The van der Waals surface area contributed by atoms with Gasteiger partial charge in [-0.1, -0.05) is 25.6 Å². The van der Waals surface area contributed by atoms with Gasteiger partial charge in [-0.25, -0.2) is 0 Å². The molecule has 1 rings (SSSR count). The molecule has 0 spiro atoms. The summed E-state index contributed by atoms with van der Waals surface area (Å²) in [6.07, 6.45) is 0.944. The lowest BCUT2D eigenvalue weighted by atomic mass is 10.0. The van der Waals surface area contributed by atoms with Crippen LogP contribution in [-0.4, -0.2) is 12.4 Å². The summed E-state index contributed by atoms with van der Waals surface area (Å²) < 4.78 is 5.63. The summed E-state index contributed by atoms with van der Waals surface area (Å²) in [6, 6.07) is 5.50. The minimum atomic E-state index is 0.0506. The molecule has 0 saturated heterocycles. The van der Waals surface area contributed by atoms with Gasteiger partial charge in [0.1, 0.15) is 5.75 Å². The zero-order valence-corrected chi connectivity index (χ0v) is 10.2. The van der Waals surface area contributed by atoms with Gasteiger partial charge in [-0.05, 0) is 31.9 Å². The number of benzene rings is 1. The molecule has 0 heterocycles. The van der Waals surface area contributed by atoms with Crippen LogP contribution in [-0.2, 0) is 0 Å². The second kappa shape index (κ2) is 5.50. The van der Waals surface area contributed by atoms with Crippen molar-refractivity contribution >= 4 is 11.4 Å². The van der Waals surface area contributed by atoms with Crippen LogP contribution < -0.4 is 4.74 Å². The molecule has 0 aliphatic carbocycles. The van der Waals surface area contributed by atoms with Crippen LogP contribution in [0.15, 0.2) is 24.8 Å². The Hall–Kier alpha value is -1.57. The third kappa shape index (κ3) is 2.96. The zero-order valence-electron chi connectivity index (χ0n) is 10.2. The average molecular weight is 218 g/mol. The average Bonchev–Trinajstić information content (AvgIpc) is 2.25. The van der Waals surface area contributed by atoms with Gasteiger partial charge in [0.25, 0.3) is 0 Å². The lowest BCUT2D eigenvalue weighted by Crippen LogP contribution is -2.00. The highest BCUT2D eigenvalue weighted by Gasteiger charge is 2.08. The number of ether oxygens (including phenoxy) is 1. The van der Waals surface area contributed by atoms with E-state index in [1.807, 2.05) is 19.1 Å². The molecule has 2 nitrogen and oxygen atoms in total. The van der Waals surface area contributed by atoms with Crippen LogP contribution in [0.25, 0.3) is 5.57 Å². The lowest BCUT2D eigenvalue weighted by molar-refractivity contribution is 0.101. The third-order valence-electron chi connectivity index (χ3n) is 2.31. The van der Waals surface area contributed by atoms with Gasteiger partial charge in [-0.3, -0.25) is 4.79 Å². The van der Waals surface area contributed by atoms with Crippen molar-refractivity contribution in [2.45, 2.75) is 27.2 Å². The first kappa shape index (κ1) is 12.5. The van der Waals surface area contributed by atoms with Gasteiger partial charge in [-0.15, -0.1) is 0 Å². The fourth-order valence-electron chi connectivity index (χ4n) is 1.43. The molecule has 0 amide bonds. The van der Waals surface area contributed by atoms with E-state index in [1.54, 1.807) is 13.0 Å². The van der Waals surface area contributed by atoms with Crippen LogP contribution in [0.3, 0.4) is 0 Å². The minimum absolute atomic E-state index is 0.0506. The van der Waals surface area contributed by atoms with Gasteiger partial charge in [-0.2, -0.15) is 0 Å². The Labute approximate surface area is 96.9 Å².